The first-order valence-electron chi connectivity index (χ1n) is 12.9. The normalized spacial score (nSPS) is 11.2. The molecule has 0 aliphatic heterocycles. The molecule has 0 bridgehead atoms. The number of anilines is 1. The van der Waals surface area contributed by atoms with Crippen LogP contribution in [0.25, 0.3) is 0 Å². The molecule has 4 rings (SSSR count). The van der Waals surface area contributed by atoms with Crippen molar-refractivity contribution >= 4 is 33.5 Å². The van der Waals surface area contributed by atoms with Crippen molar-refractivity contribution in [3.05, 3.63) is 124 Å². The number of nitro benzene ring substituents is 1. The molecular formula is C30H28N4O7S. The number of rotatable bonds is 13. The Morgan fingerprint density at radius 3 is 2.24 bits per heavy atom. The molecule has 4 aromatic rings. The molecule has 42 heavy (non-hydrogen) atoms. The summed E-state index contributed by atoms with van der Waals surface area (Å²) in [4.78, 5) is 23.2. The summed E-state index contributed by atoms with van der Waals surface area (Å²) in [5.74, 6) is 0.325. The Hall–Kier alpha value is -5.23. The van der Waals surface area contributed by atoms with Crippen LogP contribution in [0.1, 0.15) is 18.1 Å². The summed E-state index contributed by atoms with van der Waals surface area (Å²) in [6.07, 6.45) is 1.39. The Balaban J connectivity index is 1.48. The van der Waals surface area contributed by atoms with E-state index in [9.17, 15) is 23.3 Å². The lowest BCUT2D eigenvalue weighted by molar-refractivity contribution is -0.384. The maximum atomic E-state index is 13.4. The average molecular weight is 589 g/mol. The van der Waals surface area contributed by atoms with Crippen molar-refractivity contribution in [1.82, 2.24) is 5.43 Å². The smallest absolute Gasteiger partial charge is 0.269 e. The van der Waals surface area contributed by atoms with E-state index in [4.69, 9.17) is 9.47 Å². The van der Waals surface area contributed by atoms with Crippen molar-refractivity contribution in [2.24, 2.45) is 5.10 Å². The number of hydrazone groups is 1. The summed E-state index contributed by atoms with van der Waals surface area (Å²) in [5.41, 5.74) is 3.82. The van der Waals surface area contributed by atoms with Crippen LogP contribution in [0.5, 0.6) is 11.5 Å². The molecule has 0 spiro atoms. The Morgan fingerprint density at radius 2 is 1.60 bits per heavy atom. The van der Waals surface area contributed by atoms with E-state index >= 15 is 0 Å². The van der Waals surface area contributed by atoms with Crippen LogP contribution in [0.4, 0.5) is 11.4 Å². The Kier molecular flexibility index (Phi) is 9.85. The first kappa shape index (κ1) is 29.7. The maximum absolute atomic E-state index is 13.4. The molecule has 11 nitrogen and oxygen atoms in total. The van der Waals surface area contributed by atoms with Gasteiger partial charge < -0.3 is 9.47 Å². The summed E-state index contributed by atoms with van der Waals surface area (Å²) in [5, 5.41) is 15.0. The third-order valence-electron chi connectivity index (χ3n) is 5.87. The van der Waals surface area contributed by atoms with Crippen molar-refractivity contribution in [2.45, 2.75) is 18.4 Å². The van der Waals surface area contributed by atoms with Gasteiger partial charge in [-0.05, 0) is 60.5 Å². The van der Waals surface area contributed by atoms with Gasteiger partial charge in [0.2, 0.25) is 0 Å². The summed E-state index contributed by atoms with van der Waals surface area (Å²) in [6.45, 7) is 2.00. The van der Waals surface area contributed by atoms with Crippen LogP contribution in [0, 0.1) is 10.1 Å². The van der Waals surface area contributed by atoms with E-state index in [1.165, 1.54) is 42.6 Å². The quantitative estimate of drug-likeness (QED) is 0.133. The first-order valence-corrected chi connectivity index (χ1v) is 14.3. The van der Waals surface area contributed by atoms with Gasteiger partial charge in [0, 0.05) is 12.1 Å². The van der Waals surface area contributed by atoms with Crippen molar-refractivity contribution in [2.75, 3.05) is 17.5 Å². The molecule has 0 atom stereocenters. The molecule has 0 saturated heterocycles. The number of carbonyl (C=O) groups is 1. The second kappa shape index (κ2) is 13.9. The van der Waals surface area contributed by atoms with Gasteiger partial charge in [-0.1, -0.05) is 48.5 Å². The van der Waals surface area contributed by atoms with E-state index < -0.39 is 27.4 Å². The molecule has 0 fully saturated rings. The number of amides is 1. The third-order valence-corrected chi connectivity index (χ3v) is 7.66. The Labute approximate surface area is 243 Å². The molecule has 216 valence electrons. The number of hydrogen-bond donors (Lipinski definition) is 1. The van der Waals surface area contributed by atoms with E-state index in [0.717, 1.165) is 9.87 Å². The number of nitrogens with one attached hydrogen (secondary N) is 1. The lowest BCUT2D eigenvalue weighted by Crippen LogP contribution is -2.39. The maximum Gasteiger partial charge on any atom is 0.269 e. The number of non-ortho nitro benzene ring substituents is 1. The second-order valence-electron chi connectivity index (χ2n) is 8.80. The monoisotopic (exact) mass is 588 g/mol. The van der Waals surface area contributed by atoms with Crippen molar-refractivity contribution in [1.29, 1.82) is 0 Å². The standard InChI is InChI=1S/C30H28N4O7S/c1-2-40-29-19-24(13-18-28(29)41-22-23-9-5-3-6-10-23)20-31-32-30(35)21-33(25-14-16-26(17-15-25)34(36)37)42(38,39)27-11-7-4-8-12-27/h3-20H,2,21-22H2,1H3,(H,32,35)/b31-20-. The molecule has 0 aliphatic rings. The molecule has 0 unspecified atom stereocenters. The second-order valence-corrected chi connectivity index (χ2v) is 10.7. The fraction of sp³-hybridized carbons (Fsp3) is 0.133. The predicted octanol–water partition coefficient (Wildman–Crippen LogP) is 4.92. The van der Waals surface area contributed by atoms with Gasteiger partial charge in [0.05, 0.1) is 28.3 Å². The molecule has 1 N–H and O–H groups in total. The van der Waals surface area contributed by atoms with Crippen LogP contribution < -0.4 is 19.2 Å². The highest BCUT2D eigenvalue weighted by atomic mass is 32.2. The Bertz CT molecular complexity index is 1650. The molecule has 0 radical (unpaired) electrons. The summed E-state index contributed by atoms with van der Waals surface area (Å²) in [7, 11) is -4.18. The van der Waals surface area contributed by atoms with Gasteiger partial charge in [-0.25, -0.2) is 13.8 Å². The van der Waals surface area contributed by atoms with E-state index in [1.54, 1.807) is 36.4 Å². The number of carbonyl (C=O) groups excluding carboxylic acids is 1. The number of nitrogens with zero attached hydrogens (tertiary/aromatic N) is 3. The van der Waals surface area contributed by atoms with Gasteiger partial charge in [-0.2, -0.15) is 5.10 Å². The largest absolute Gasteiger partial charge is 0.490 e. The number of hydrogen-bond acceptors (Lipinski definition) is 8. The number of sulfonamides is 1. The number of benzene rings is 4. The van der Waals surface area contributed by atoms with Gasteiger partial charge >= 0.3 is 0 Å². The minimum atomic E-state index is -4.18. The fourth-order valence-electron chi connectivity index (χ4n) is 3.85. The summed E-state index contributed by atoms with van der Waals surface area (Å²) < 4.78 is 39.3. The van der Waals surface area contributed by atoms with Gasteiger partial charge in [0.1, 0.15) is 13.2 Å². The van der Waals surface area contributed by atoms with Gasteiger partial charge in [-0.15, -0.1) is 0 Å². The van der Waals surface area contributed by atoms with Crippen LogP contribution in [0.2, 0.25) is 0 Å². The van der Waals surface area contributed by atoms with Gasteiger partial charge in [0.15, 0.2) is 11.5 Å². The molecule has 0 aliphatic carbocycles. The van der Waals surface area contributed by atoms with E-state index in [-0.39, 0.29) is 16.3 Å². The van der Waals surface area contributed by atoms with Crippen LogP contribution >= 0.6 is 0 Å². The minimum absolute atomic E-state index is 0.0438. The predicted molar refractivity (Wildman–Crippen MR) is 158 cm³/mol. The SMILES string of the molecule is CCOc1cc(/C=N\NC(=O)CN(c2ccc([N+](=O)[O-])cc2)S(=O)(=O)c2ccccc2)ccc1OCc1ccccc1. The van der Waals surface area contributed by atoms with Gasteiger partial charge in [0.25, 0.3) is 21.6 Å². The van der Waals surface area contributed by atoms with Crippen molar-refractivity contribution in [3.8, 4) is 11.5 Å². The van der Waals surface area contributed by atoms with E-state index in [2.05, 4.69) is 10.5 Å². The number of nitro groups is 1. The molecular weight excluding hydrogens is 560 g/mol. The van der Waals surface area contributed by atoms with E-state index in [1.807, 2.05) is 37.3 Å². The van der Waals surface area contributed by atoms with Crippen LogP contribution in [0.3, 0.4) is 0 Å². The first-order chi connectivity index (χ1) is 20.3. The summed E-state index contributed by atoms with van der Waals surface area (Å²) >= 11 is 0. The Morgan fingerprint density at radius 1 is 0.929 bits per heavy atom. The lowest BCUT2D eigenvalue weighted by atomic mass is 10.2. The lowest BCUT2D eigenvalue weighted by Gasteiger charge is -2.23. The zero-order chi connectivity index (χ0) is 30.0. The van der Waals surface area contributed by atoms with E-state index in [0.29, 0.717) is 30.3 Å². The molecule has 0 heterocycles. The highest BCUT2D eigenvalue weighted by molar-refractivity contribution is 7.92. The van der Waals surface area contributed by atoms with Crippen LogP contribution in [0.15, 0.2) is 113 Å². The molecule has 0 aromatic heterocycles. The fourth-order valence-corrected chi connectivity index (χ4v) is 5.29. The molecule has 1 amide bonds. The van der Waals surface area contributed by atoms with Crippen LogP contribution in [-0.4, -0.2) is 38.6 Å². The zero-order valence-corrected chi connectivity index (χ0v) is 23.4. The van der Waals surface area contributed by atoms with Crippen molar-refractivity contribution in [3.63, 3.8) is 0 Å². The zero-order valence-electron chi connectivity index (χ0n) is 22.6. The molecule has 4 aromatic carbocycles. The topological polar surface area (TPSA) is 140 Å². The minimum Gasteiger partial charge on any atom is -0.490 e. The average Bonchev–Trinajstić information content (AvgIpc) is 3.00. The van der Waals surface area contributed by atoms with Crippen LogP contribution in [-0.2, 0) is 21.4 Å². The third kappa shape index (κ3) is 7.70. The summed E-state index contributed by atoms with van der Waals surface area (Å²) in [6, 6.07) is 27.3. The van der Waals surface area contributed by atoms with Gasteiger partial charge in [-0.3, -0.25) is 19.2 Å². The highest BCUT2D eigenvalue weighted by Crippen LogP contribution is 2.29. The molecule has 0 saturated carbocycles. The highest BCUT2D eigenvalue weighted by Gasteiger charge is 2.27. The van der Waals surface area contributed by atoms with Crippen molar-refractivity contribution < 1.29 is 27.6 Å². The number of ether oxygens (including phenoxy) is 2. The molecule has 12 heteroatoms.